The molecule has 4 rings (SSSR count). The standard InChI is InChI=1S/C31H34F5N3O4S/c1-28(2,3)43-27(40)29(15-17-39(18-16-29)21-22-7-5-4-6-8-22)44(41,42)25-11-9-23(10-12-25)26-20-37-24(19-38-26)13-14-30(32,33)31(34,35)36/h4-12,19-20H,13-18,21H2,1-3H3. The fraction of sp³-hybridized carbons (Fsp3) is 0.452. The first-order valence-electron chi connectivity index (χ1n) is 14.0. The highest BCUT2D eigenvalue weighted by molar-refractivity contribution is 7.93. The lowest BCUT2D eigenvalue weighted by Gasteiger charge is -2.40. The lowest BCUT2D eigenvalue weighted by molar-refractivity contribution is -0.284. The van der Waals surface area contributed by atoms with Crippen molar-refractivity contribution < 1.29 is 39.9 Å². The molecular weight excluding hydrogens is 605 g/mol. The Morgan fingerprint density at radius 2 is 1.52 bits per heavy atom. The molecule has 2 aromatic carbocycles. The molecule has 0 amide bonds. The van der Waals surface area contributed by atoms with E-state index in [1.165, 1.54) is 30.5 Å². The SMILES string of the molecule is CC(C)(C)OC(=O)C1(S(=O)(=O)c2ccc(-c3cnc(CCC(F)(F)C(F)(F)F)cn3)cc2)CCN(Cc2ccccc2)CC1. The Kier molecular flexibility index (Phi) is 9.51. The van der Waals surface area contributed by atoms with E-state index in [-0.39, 0.29) is 29.1 Å². The van der Waals surface area contributed by atoms with Crippen LogP contribution in [-0.2, 0) is 32.3 Å². The van der Waals surface area contributed by atoms with Crippen molar-refractivity contribution >= 4 is 15.8 Å². The predicted octanol–water partition coefficient (Wildman–Crippen LogP) is 6.42. The summed E-state index contributed by atoms with van der Waals surface area (Å²) in [5.74, 6) is -5.64. The number of nitrogens with zero attached hydrogens (tertiary/aromatic N) is 3. The van der Waals surface area contributed by atoms with Crippen LogP contribution in [0.15, 0.2) is 71.9 Å². The van der Waals surface area contributed by atoms with E-state index in [2.05, 4.69) is 14.9 Å². The minimum Gasteiger partial charge on any atom is -0.459 e. The number of ether oxygens (including phenoxy) is 1. The van der Waals surface area contributed by atoms with Gasteiger partial charge in [-0.15, -0.1) is 0 Å². The summed E-state index contributed by atoms with van der Waals surface area (Å²) in [5, 5.41) is 0. The van der Waals surface area contributed by atoms with Crippen LogP contribution in [0.1, 0.15) is 51.3 Å². The van der Waals surface area contributed by atoms with Crippen LogP contribution >= 0.6 is 0 Å². The third-order valence-electron chi connectivity index (χ3n) is 7.47. The van der Waals surface area contributed by atoms with Gasteiger partial charge in [-0.2, -0.15) is 22.0 Å². The molecule has 0 saturated carbocycles. The number of esters is 1. The number of carbonyl (C=O) groups excluding carboxylic acids is 1. The van der Waals surface area contributed by atoms with Gasteiger partial charge < -0.3 is 4.74 Å². The number of likely N-dealkylation sites (tertiary alicyclic amines) is 1. The van der Waals surface area contributed by atoms with Gasteiger partial charge in [-0.05, 0) is 57.7 Å². The number of halogens is 5. The Labute approximate surface area is 253 Å². The summed E-state index contributed by atoms with van der Waals surface area (Å²) in [6.07, 6.45) is -5.34. The molecule has 2 heterocycles. The van der Waals surface area contributed by atoms with Crippen molar-refractivity contribution in [2.45, 2.75) is 80.3 Å². The number of aromatic nitrogens is 2. The quantitative estimate of drug-likeness (QED) is 0.197. The minimum atomic E-state index is -5.65. The van der Waals surface area contributed by atoms with Crippen molar-refractivity contribution in [3.63, 3.8) is 0 Å². The van der Waals surface area contributed by atoms with E-state index in [1.807, 2.05) is 30.3 Å². The van der Waals surface area contributed by atoms with Gasteiger partial charge in [0.05, 0.1) is 22.5 Å². The lowest BCUT2D eigenvalue weighted by Crippen LogP contribution is -2.56. The van der Waals surface area contributed by atoms with Gasteiger partial charge >= 0.3 is 18.1 Å². The van der Waals surface area contributed by atoms with Crippen LogP contribution in [0, 0.1) is 0 Å². The fourth-order valence-corrected chi connectivity index (χ4v) is 6.88. The van der Waals surface area contributed by atoms with Crippen LogP contribution in [0.3, 0.4) is 0 Å². The number of hydrogen-bond acceptors (Lipinski definition) is 7. The largest absolute Gasteiger partial charge is 0.459 e. The molecule has 3 aromatic rings. The molecule has 1 saturated heterocycles. The number of rotatable bonds is 9. The maximum Gasteiger partial charge on any atom is 0.453 e. The summed E-state index contributed by atoms with van der Waals surface area (Å²) in [6, 6.07) is 15.4. The normalized spacial score (nSPS) is 16.5. The summed E-state index contributed by atoms with van der Waals surface area (Å²) < 4.78 is 95.9. The highest BCUT2D eigenvalue weighted by atomic mass is 32.2. The van der Waals surface area contributed by atoms with E-state index in [1.54, 1.807) is 20.8 Å². The number of aryl methyl sites for hydroxylation is 1. The van der Waals surface area contributed by atoms with E-state index in [0.717, 1.165) is 11.8 Å². The van der Waals surface area contributed by atoms with E-state index in [4.69, 9.17) is 4.74 Å². The zero-order valence-corrected chi connectivity index (χ0v) is 25.4. The van der Waals surface area contributed by atoms with Crippen LogP contribution < -0.4 is 0 Å². The molecule has 238 valence electrons. The van der Waals surface area contributed by atoms with Crippen LogP contribution in [0.2, 0.25) is 0 Å². The molecule has 0 aliphatic carbocycles. The second-order valence-corrected chi connectivity index (χ2v) is 14.1. The van der Waals surface area contributed by atoms with Gasteiger partial charge in [0.15, 0.2) is 14.6 Å². The van der Waals surface area contributed by atoms with Crippen LogP contribution in [-0.4, -0.2) is 64.8 Å². The first-order chi connectivity index (χ1) is 20.4. The van der Waals surface area contributed by atoms with Crippen LogP contribution in [0.25, 0.3) is 11.3 Å². The fourth-order valence-electron chi connectivity index (χ4n) is 4.96. The second kappa shape index (κ2) is 12.5. The van der Waals surface area contributed by atoms with Gasteiger partial charge in [0, 0.05) is 37.8 Å². The van der Waals surface area contributed by atoms with E-state index in [0.29, 0.717) is 25.2 Å². The maximum atomic E-state index is 14.1. The zero-order valence-electron chi connectivity index (χ0n) is 24.6. The number of carbonyl (C=O) groups is 1. The maximum absolute atomic E-state index is 14.1. The van der Waals surface area contributed by atoms with Crippen molar-refractivity contribution in [2.75, 3.05) is 13.1 Å². The smallest absolute Gasteiger partial charge is 0.453 e. The minimum absolute atomic E-state index is 0.0408. The third kappa shape index (κ3) is 7.43. The first kappa shape index (κ1) is 33.4. The van der Waals surface area contributed by atoms with Crippen molar-refractivity contribution in [3.05, 3.63) is 78.2 Å². The van der Waals surface area contributed by atoms with Crippen LogP contribution in [0.5, 0.6) is 0 Å². The molecule has 0 radical (unpaired) electrons. The molecule has 13 heteroatoms. The summed E-state index contributed by atoms with van der Waals surface area (Å²) in [7, 11) is -4.23. The molecule has 0 N–H and O–H groups in total. The van der Waals surface area contributed by atoms with Crippen molar-refractivity contribution in [1.82, 2.24) is 14.9 Å². The molecule has 1 fully saturated rings. The number of piperidine rings is 1. The number of hydrogen-bond donors (Lipinski definition) is 0. The lowest BCUT2D eigenvalue weighted by atomic mass is 9.95. The number of benzene rings is 2. The van der Waals surface area contributed by atoms with Gasteiger partial charge in [0.2, 0.25) is 0 Å². The zero-order chi connectivity index (χ0) is 32.4. The summed E-state index contributed by atoms with van der Waals surface area (Å²) in [6.45, 7) is 6.38. The summed E-state index contributed by atoms with van der Waals surface area (Å²) in [5.41, 5.74) is 0.822. The molecule has 0 spiro atoms. The summed E-state index contributed by atoms with van der Waals surface area (Å²) >= 11 is 0. The molecule has 0 bridgehead atoms. The number of sulfone groups is 1. The van der Waals surface area contributed by atoms with Crippen molar-refractivity contribution in [2.24, 2.45) is 0 Å². The Morgan fingerprint density at radius 1 is 0.909 bits per heavy atom. The summed E-state index contributed by atoms with van der Waals surface area (Å²) in [4.78, 5) is 23.6. The van der Waals surface area contributed by atoms with Gasteiger partial charge in [-0.3, -0.25) is 19.7 Å². The molecule has 1 aromatic heterocycles. The Hall–Kier alpha value is -3.45. The average molecular weight is 640 g/mol. The van der Waals surface area contributed by atoms with Crippen molar-refractivity contribution in [1.29, 1.82) is 0 Å². The molecule has 0 atom stereocenters. The molecule has 1 aliphatic rings. The van der Waals surface area contributed by atoms with Gasteiger partial charge in [0.1, 0.15) is 5.60 Å². The van der Waals surface area contributed by atoms with Gasteiger partial charge in [0.25, 0.3) is 0 Å². The molecule has 1 aliphatic heterocycles. The molecule has 7 nitrogen and oxygen atoms in total. The molecule has 0 unspecified atom stereocenters. The molecule has 44 heavy (non-hydrogen) atoms. The Morgan fingerprint density at radius 3 is 2.05 bits per heavy atom. The molecular formula is C31H34F5N3O4S. The highest BCUT2D eigenvalue weighted by Gasteiger charge is 2.57. The first-order valence-corrected chi connectivity index (χ1v) is 15.5. The predicted molar refractivity (Wildman–Crippen MR) is 154 cm³/mol. The van der Waals surface area contributed by atoms with E-state index < -0.39 is 51.1 Å². The van der Waals surface area contributed by atoms with Gasteiger partial charge in [-0.1, -0.05) is 42.5 Å². The van der Waals surface area contributed by atoms with E-state index in [9.17, 15) is 35.2 Å². The van der Waals surface area contributed by atoms with E-state index >= 15 is 0 Å². The monoisotopic (exact) mass is 639 g/mol. The third-order valence-corrected chi connectivity index (χ3v) is 9.97. The van der Waals surface area contributed by atoms with Gasteiger partial charge in [-0.25, -0.2) is 8.42 Å². The van der Waals surface area contributed by atoms with Crippen molar-refractivity contribution in [3.8, 4) is 11.3 Å². The second-order valence-electron chi connectivity index (χ2n) is 11.9. The Bertz CT molecular complexity index is 1530. The average Bonchev–Trinajstić information content (AvgIpc) is 2.96. The van der Waals surface area contributed by atoms with Crippen LogP contribution in [0.4, 0.5) is 22.0 Å². The Balaban J connectivity index is 1.53. The highest BCUT2D eigenvalue weighted by Crippen LogP contribution is 2.40. The topological polar surface area (TPSA) is 89.5 Å². The number of alkyl halides is 5.